The van der Waals surface area contributed by atoms with Gasteiger partial charge in [0.15, 0.2) is 11.5 Å². The maximum Gasteiger partial charge on any atom is 0.329 e. The summed E-state index contributed by atoms with van der Waals surface area (Å²) in [7, 11) is 7.20. The molecule has 6 nitrogen and oxygen atoms in total. The van der Waals surface area contributed by atoms with Gasteiger partial charge in [-0.05, 0) is 55.0 Å². The topological polar surface area (TPSA) is 45.3 Å². The van der Waals surface area contributed by atoms with E-state index in [2.05, 4.69) is 0 Å². The molecule has 33 heavy (non-hydrogen) atoms. The van der Waals surface area contributed by atoms with Crippen LogP contribution in [0.3, 0.4) is 0 Å². The standard InChI is InChI=1S/C26H28ClN3O3/c1-6-29-22-16-24(33-5)23(32-4)15-21(22)25(17-7-9-18(27)10-8-17)30(26(29)31)20-13-11-19(12-14-20)28(2)3/h7-16,25H,6H2,1-5H3. The first-order valence-corrected chi connectivity index (χ1v) is 11.2. The minimum atomic E-state index is -0.363. The maximum absolute atomic E-state index is 13.9. The van der Waals surface area contributed by atoms with Crippen LogP contribution in [0.15, 0.2) is 60.7 Å². The highest BCUT2D eigenvalue weighted by molar-refractivity contribution is 6.30. The Kier molecular flexibility index (Phi) is 6.38. The number of halogens is 1. The fraction of sp³-hybridized carbons (Fsp3) is 0.269. The normalized spacial score (nSPS) is 15.3. The second kappa shape index (κ2) is 9.24. The smallest absolute Gasteiger partial charge is 0.329 e. The van der Waals surface area contributed by atoms with Crippen molar-refractivity contribution in [3.05, 3.63) is 76.8 Å². The van der Waals surface area contributed by atoms with Gasteiger partial charge < -0.3 is 14.4 Å². The zero-order valence-electron chi connectivity index (χ0n) is 19.5. The fourth-order valence-corrected chi connectivity index (χ4v) is 4.40. The number of hydrogen-bond acceptors (Lipinski definition) is 4. The molecule has 172 valence electrons. The van der Waals surface area contributed by atoms with Crippen molar-refractivity contribution in [1.29, 1.82) is 0 Å². The van der Waals surface area contributed by atoms with Crippen LogP contribution in [0.4, 0.5) is 21.9 Å². The Bertz CT molecular complexity index is 1150. The predicted molar refractivity (Wildman–Crippen MR) is 135 cm³/mol. The summed E-state index contributed by atoms with van der Waals surface area (Å²) in [5, 5.41) is 0.644. The number of carbonyl (C=O) groups excluding carboxylic acids is 1. The molecule has 0 fully saturated rings. The second-order valence-electron chi connectivity index (χ2n) is 8.03. The summed E-state index contributed by atoms with van der Waals surface area (Å²) in [6, 6.07) is 19.0. The Morgan fingerprint density at radius 1 is 0.939 bits per heavy atom. The lowest BCUT2D eigenvalue weighted by Crippen LogP contribution is -2.50. The molecule has 3 aromatic rings. The molecule has 0 aliphatic carbocycles. The Morgan fingerprint density at radius 3 is 2.09 bits per heavy atom. The van der Waals surface area contributed by atoms with Gasteiger partial charge in [0, 0.05) is 48.7 Å². The quantitative estimate of drug-likeness (QED) is 0.449. The van der Waals surface area contributed by atoms with Gasteiger partial charge in [-0.15, -0.1) is 0 Å². The average Bonchev–Trinajstić information content (AvgIpc) is 2.83. The molecule has 1 atom stereocenters. The largest absolute Gasteiger partial charge is 0.493 e. The molecule has 0 bridgehead atoms. The highest BCUT2D eigenvalue weighted by Gasteiger charge is 2.40. The molecule has 0 radical (unpaired) electrons. The van der Waals surface area contributed by atoms with Crippen LogP contribution in [0.1, 0.15) is 24.1 Å². The van der Waals surface area contributed by atoms with Crippen LogP contribution in [0.2, 0.25) is 5.02 Å². The van der Waals surface area contributed by atoms with Gasteiger partial charge in [-0.25, -0.2) is 4.79 Å². The van der Waals surface area contributed by atoms with Crippen molar-refractivity contribution in [2.75, 3.05) is 49.6 Å². The van der Waals surface area contributed by atoms with Crippen LogP contribution in [0.5, 0.6) is 11.5 Å². The summed E-state index contributed by atoms with van der Waals surface area (Å²) < 4.78 is 11.1. The molecule has 4 rings (SSSR count). The number of anilines is 3. The fourth-order valence-electron chi connectivity index (χ4n) is 4.27. The number of carbonyl (C=O) groups is 1. The van der Waals surface area contributed by atoms with E-state index in [0.717, 1.165) is 28.2 Å². The third-order valence-corrected chi connectivity index (χ3v) is 6.21. The molecule has 1 aliphatic rings. The molecule has 0 spiro atoms. The van der Waals surface area contributed by atoms with E-state index in [0.29, 0.717) is 23.1 Å². The number of hydrogen-bond donors (Lipinski definition) is 0. The Morgan fingerprint density at radius 2 is 1.55 bits per heavy atom. The first-order chi connectivity index (χ1) is 15.9. The minimum absolute atomic E-state index is 0.102. The summed E-state index contributed by atoms with van der Waals surface area (Å²) >= 11 is 6.18. The number of rotatable bonds is 6. The molecular weight excluding hydrogens is 438 g/mol. The molecule has 0 saturated carbocycles. The van der Waals surface area contributed by atoms with Crippen molar-refractivity contribution in [2.45, 2.75) is 13.0 Å². The van der Waals surface area contributed by atoms with Crippen LogP contribution < -0.4 is 24.2 Å². The molecule has 2 amide bonds. The lowest BCUT2D eigenvalue weighted by atomic mass is 9.92. The van der Waals surface area contributed by atoms with Gasteiger partial charge in [0.25, 0.3) is 0 Å². The Labute approximate surface area is 199 Å². The summed E-state index contributed by atoms with van der Waals surface area (Å²) in [6.07, 6.45) is 0. The SMILES string of the molecule is CCN1C(=O)N(c2ccc(N(C)C)cc2)C(c2ccc(Cl)cc2)c2cc(OC)c(OC)cc21. The number of benzene rings is 3. The minimum Gasteiger partial charge on any atom is -0.493 e. The number of nitrogens with zero attached hydrogens (tertiary/aromatic N) is 3. The first kappa shape index (κ1) is 22.8. The van der Waals surface area contributed by atoms with Crippen molar-refractivity contribution in [2.24, 2.45) is 0 Å². The lowest BCUT2D eigenvalue weighted by molar-refractivity contribution is 0.249. The van der Waals surface area contributed by atoms with Crippen molar-refractivity contribution < 1.29 is 14.3 Å². The van der Waals surface area contributed by atoms with Crippen LogP contribution in [0.25, 0.3) is 0 Å². The molecule has 7 heteroatoms. The summed E-state index contributed by atoms with van der Waals surface area (Å²) in [4.78, 5) is 19.5. The zero-order valence-corrected chi connectivity index (χ0v) is 20.3. The van der Waals surface area contributed by atoms with Crippen LogP contribution in [0, 0.1) is 0 Å². The van der Waals surface area contributed by atoms with Gasteiger partial charge in [0.05, 0.1) is 25.9 Å². The summed E-state index contributed by atoms with van der Waals surface area (Å²) in [6.45, 7) is 2.48. The van der Waals surface area contributed by atoms with E-state index in [1.54, 1.807) is 19.1 Å². The summed E-state index contributed by atoms with van der Waals surface area (Å²) in [5.41, 5.74) is 4.58. The zero-order chi connectivity index (χ0) is 23.7. The van der Waals surface area contributed by atoms with E-state index in [1.165, 1.54) is 0 Å². The van der Waals surface area contributed by atoms with Gasteiger partial charge in [-0.3, -0.25) is 9.80 Å². The summed E-state index contributed by atoms with van der Waals surface area (Å²) in [5.74, 6) is 1.20. The number of urea groups is 1. The Hall–Kier alpha value is -3.38. The molecular formula is C26H28ClN3O3. The van der Waals surface area contributed by atoms with E-state index < -0.39 is 0 Å². The third kappa shape index (κ3) is 4.07. The van der Waals surface area contributed by atoms with Gasteiger partial charge in [0.2, 0.25) is 0 Å². The van der Waals surface area contributed by atoms with E-state index >= 15 is 0 Å². The van der Waals surface area contributed by atoms with E-state index in [1.807, 2.05) is 91.5 Å². The van der Waals surface area contributed by atoms with Crippen LogP contribution in [-0.4, -0.2) is 40.9 Å². The monoisotopic (exact) mass is 465 g/mol. The second-order valence-corrected chi connectivity index (χ2v) is 8.46. The first-order valence-electron chi connectivity index (χ1n) is 10.8. The van der Waals surface area contributed by atoms with E-state index in [9.17, 15) is 4.79 Å². The van der Waals surface area contributed by atoms with Gasteiger partial charge in [0.1, 0.15) is 0 Å². The van der Waals surface area contributed by atoms with Crippen molar-refractivity contribution >= 4 is 34.7 Å². The molecule has 0 N–H and O–H groups in total. The Balaban J connectivity index is 1.96. The molecule has 1 aliphatic heterocycles. The number of amides is 2. The predicted octanol–water partition coefficient (Wildman–Crippen LogP) is 5.98. The number of ether oxygens (including phenoxy) is 2. The van der Waals surface area contributed by atoms with Gasteiger partial charge in [-0.1, -0.05) is 23.7 Å². The van der Waals surface area contributed by atoms with Crippen molar-refractivity contribution in [3.63, 3.8) is 0 Å². The molecule has 0 aromatic heterocycles. The number of methoxy groups -OCH3 is 2. The van der Waals surface area contributed by atoms with Gasteiger partial charge >= 0.3 is 6.03 Å². The molecule has 1 heterocycles. The van der Waals surface area contributed by atoms with E-state index in [4.69, 9.17) is 21.1 Å². The molecule has 1 unspecified atom stereocenters. The van der Waals surface area contributed by atoms with Crippen LogP contribution in [-0.2, 0) is 0 Å². The molecule has 0 saturated heterocycles. The average molecular weight is 466 g/mol. The number of fused-ring (bicyclic) bond motifs is 1. The van der Waals surface area contributed by atoms with Gasteiger partial charge in [-0.2, -0.15) is 0 Å². The maximum atomic E-state index is 13.9. The third-order valence-electron chi connectivity index (χ3n) is 5.96. The van der Waals surface area contributed by atoms with Crippen molar-refractivity contribution in [3.8, 4) is 11.5 Å². The molecule has 3 aromatic carbocycles. The highest BCUT2D eigenvalue weighted by Crippen LogP contribution is 2.47. The van der Waals surface area contributed by atoms with E-state index in [-0.39, 0.29) is 12.1 Å². The highest BCUT2D eigenvalue weighted by atomic mass is 35.5. The van der Waals surface area contributed by atoms with Crippen molar-refractivity contribution in [1.82, 2.24) is 0 Å². The van der Waals surface area contributed by atoms with Crippen LogP contribution >= 0.6 is 11.6 Å². The lowest BCUT2D eigenvalue weighted by Gasteiger charge is -2.43.